The van der Waals surface area contributed by atoms with Crippen LogP contribution in [0.4, 0.5) is 11.4 Å². The van der Waals surface area contributed by atoms with Crippen molar-refractivity contribution in [3.63, 3.8) is 0 Å². The summed E-state index contributed by atoms with van der Waals surface area (Å²) >= 11 is 6.02. The summed E-state index contributed by atoms with van der Waals surface area (Å²) < 4.78 is 5.43. The van der Waals surface area contributed by atoms with Gasteiger partial charge in [0.1, 0.15) is 0 Å². The highest BCUT2D eigenvalue weighted by atomic mass is 35.5. The molecule has 1 N–H and O–H groups in total. The Labute approximate surface area is 130 Å². The summed E-state index contributed by atoms with van der Waals surface area (Å²) in [6.07, 6.45) is 0. The Hall–Kier alpha value is -1.71. The van der Waals surface area contributed by atoms with Crippen LogP contribution in [0.15, 0.2) is 48.5 Å². The van der Waals surface area contributed by atoms with E-state index in [9.17, 15) is 0 Å². The third-order valence-electron chi connectivity index (χ3n) is 3.65. The Balaban J connectivity index is 1.73. The largest absolute Gasteiger partial charge is 0.381 e. The van der Waals surface area contributed by atoms with Crippen LogP contribution in [0.25, 0.3) is 0 Å². The Kier molecular flexibility index (Phi) is 4.63. The van der Waals surface area contributed by atoms with E-state index in [-0.39, 0.29) is 0 Å². The van der Waals surface area contributed by atoms with Crippen molar-refractivity contribution in [2.75, 3.05) is 36.5 Å². The van der Waals surface area contributed by atoms with E-state index >= 15 is 0 Å². The van der Waals surface area contributed by atoms with Gasteiger partial charge in [0.25, 0.3) is 0 Å². The molecule has 0 aliphatic carbocycles. The fourth-order valence-electron chi connectivity index (χ4n) is 2.57. The molecule has 1 aliphatic rings. The SMILES string of the molecule is Clc1cccc(NCc2ccccc2N2CCOCC2)c1. The van der Waals surface area contributed by atoms with Gasteiger partial charge in [-0.3, -0.25) is 0 Å². The Morgan fingerprint density at radius 1 is 1.05 bits per heavy atom. The van der Waals surface area contributed by atoms with Gasteiger partial charge in [0, 0.05) is 36.0 Å². The highest BCUT2D eigenvalue weighted by molar-refractivity contribution is 6.30. The van der Waals surface area contributed by atoms with Crippen LogP contribution in [0.2, 0.25) is 5.02 Å². The molecule has 0 amide bonds. The van der Waals surface area contributed by atoms with Crippen molar-refractivity contribution in [2.24, 2.45) is 0 Å². The monoisotopic (exact) mass is 302 g/mol. The van der Waals surface area contributed by atoms with Crippen LogP contribution in [-0.2, 0) is 11.3 Å². The summed E-state index contributed by atoms with van der Waals surface area (Å²) in [5, 5.41) is 4.19. The minimum absolute atomic E-state index is 0.751. The normalized spacial score (nSPS) is 15.0. The third-order valence-corrected chi connectivity index (χ3v) is 3.89. The first-order chi connectivity index (χ1) is 10.3. The second kappa shape index (κ2) is 6.83. The molecule has 4 heteroatoms. The maximum atomic E-state index is 6.02. The quantitative estimate of drug-likeness (QED) is 0.930. The molecule has 2 aromatic rings. The third kappa shape index (κ3) is 3.69. The van der Waals surface area contributed by atoms with Crippen molar-refractivity contribution in [2.45, 2.75) is 6.54 Å². The van der Waals surface area contributed by atoms with Gasteiger partial charge in [-0.05, 0) is 29.8 Å². The van der Waals surface area contributed by atoms with Gasteiger partial charge in [-0.15, -0.1) is 0 Å². The molecule has 0 saturated carbocycles. The fourth-order valence-corrected chi connectivity index (χ4v) is 2.76. The van der Waals surface area contributed by atoms with E-state index < -0.39 is 0 Å². The molecule has 0 spiro atoms. The van der Waals surface area contributed by atoms with Crippen molar-refractivity contribution < 1.29 is 4.74 Å². The Morgan fingerprint density at radius 3 is 2.67 bits per heavy atom. The molecule has 1 fully saturated rings. The summed E-state index contributed by atoms with van der Waals surface area (Å²) in [6.45, 7) is 4.29. The minimum Gasteiger partial charge on any atom is -0.381 e. The molecule has 1 aliphatic heterocycles. The van der Waals surface area contributed by atoms with Crippen molar-refractivity contribution in [3.8, 4) is 0 Å². The van der Waals surface area contributed by atoms with Crippen molar-refractivity contribution in [1.82, 2.24) is 0 Å². The molecular weight excluding hydrogens is 284 g/mol. The molecule has 0 bridgehead atoms. The van der Waals surface area contributed by atoms with Crippen molar-refractivity contribution >= 4 is 23.0 Å². The first-order valence-corrected chi connectivity index (χ1v) is 7.61. The highest BCUT2D eigenvalue weighted by Crippen LogP contribution is 2.23. The zero-order valence-corrected chi connectivity index (χ0v) is 12.6. The molecule has 3 rings (SSSR count). The lowest BCUT2D eigenvalue weighted by Crippen LogP contribution is -2.36. The number of rotatable bonds is 4. The molecule has 1 saturated heterocycles. The van der Waals surface area contributed by atoms with E-state index in [1.54, 1.807) is 0 Å². The van der Waals surface area contributed by atoms with Gasteiger partial charge < -0.3 is 15.0 Å². The Bertz CT molecular complexity index is 597. The summed E-state index contributed by atoms with van der Waals surface area (Å²) in [5.74, 6) is 0. The molecule has 0 radical (unpaired) electrons. The van der Waals surface area contributed by atoms with Crippen molar-refractivity contribution in [3.05, 3.63) is 59.1 Å². The predicted molar refractivity (Wildman–Crippen MR) is 88.3 cm³/mol. The van der Waals surface area contributed by atoms with Crippen LogP contribution in [0.3, 0.4) is 0 Å². The molecule has 3 nitrogen and oxygen atoms in total. The van der Waals surface area contributed by atoms with Crippen LogP contribution in [0.5, 0.6) is 0 Å². The number of ether oxygens (including phenoxy) is 1. The topological polar surface area (TPSA) is 24.5 Å². The number of benzene rings is 2. The number of anilines is 2. The zero-order valence-electron chi connectivity index (χ0n) is 11.9. The number of para-hydroxylation sites is 1. The molecular formula is C17H19ClN2O. The lowest BCUT2D eigenvalue weighted by atomic mass is 10.1. The van der Waals surface area contributed by atoms with E-state index in [2.05, 4.69) is 34.5 Å². The van der Waals surface area contributed by atoms with Crippen LogP contribution in [0, 0.1) is 0 Å². The number of nitrogens with zero attached hydrogens (tertiary/aromatic N) is 1. The lowest BCUT2D eigenvalue weighted by Gasteiger charge is -2.30. The molecule has 21 heavy (non-hydrogen) atoms. The molecule has 0 unspecified atom stereocenters. The van der Waals surface area contributed by atoms with E-state index in [0.29, 0.717) is 0 Å². The smallest absolute Gasteiger partial charge is 0.0642 e. The molecule has 110 valence electrons. The zero-order chi connectivity index (χ0) is 14.5. The van der Waals surface area contributed by atoms with Gasteiger partial charge in [0.2, 0.25) is 0 Å². The summed E-state index contributed by atoms with van der Waals surface area (Å²) in [5.41, 5.74) is 3.62. The van der Waals surface area contributed by atoms with E-state index in [1.807, 2.05) is 24.3 Å². The fraction of sp³-hybridized carbons (Fsp3) is 0.294. The number of hydrogen-bond donors (Lipinski definition) is 1. The number of hydrogen-bond acceptors (Lipinski definition) is 3. The average Bonchev–Trinajstić information content (AvgIpc) is 2.54. The minimum atomic E-state index is 0.751. The van der Waals surface area contributed by atoms with Gasteiger partial charge in [-0.25, -0.2) is 0 Å². The van der Waals surface area contributed by atoms with Gasteiger partial charge in [0.15, 0.2) is 0 Å². The number of morpholine rings is 1. The molecule has 2 aromatic carbocycles. The summed E-state index contributed by atoms with van der Waals surface area (Å²) in [6, 6.07) is 16.3. The molecule has 1 heterocycles. The number of halogens is 1. The summed E-state index contributed by atoms with van der Waals surface area (Å²) in [4.78, 5) is 2.39. The first-order valence-electron chi connectivity index (χ1n) is 7.23. The average molecular weight is 303 g/mol. The van der Waals surface area contributed by atoms with E-state index in [4.69, 9.17) is 16.3 Å². The molecule has 0 aromatic heterocycles. The van der Waals surface area contributed by atoms with Gasteiger partial charge in [-0.1, -0.05) is 35.9 Å². The van der Waals surface area contributed by atoms with Gasteiger partial charge in [-0.2, -0.15) is 0 Å². The van der Waals surface area contributed by atoms with Gasteiger partial charge >= 0.3 is 0 Å². The predicted octanol–water partition coefficient (Wildman–Crippen LogP) is 3.79. The second-order valence-electron chi connectivity index (χ2n) is 5.09. The highest BCUT2D eigenvalue weighted by Gasteiger charge is 2.14. The van der Waals surface area contributed by atoms with Crippen LogP contribution in [0.1, 0.15) is 5.56 Å². The maximum absolute atomic E-state index is 6.02. The summed E-state index contributed by atoms with van der Waals surface area (Å²) in [7, 11) is 0. The van der Waals surface area contributed by atoms with E-state index in [0.717, 1.165) is 43.6 Å². The van der Waals surface area contributed by atoms with E-state index in [1.165, 1.54) is 11.3 Å². The van der Waals surface area contributed by atoms with Crippen LogP contribution in [-0.4, -0.2) is 26.3 Å². The lowest BCUT2D eigenvalue weighted by molar-refractivity contribution is 0.122. The second-order valence-corrected chi connectivity index (χ2v) is 5.53. The maximum Gasteiger partial charge on any atom is 0.0642 e. The Morgan fingerprint density at radius 2 is 1.86 bits per heavy atom. The standard InChI is InChI=1S/C17H19ClN2O/c18-15-5-3-6-16(12-15)19-13-14-4-1-2-7-17(14)20-8-10-21-11-9-20/h1-7,12,19H,8-11,13H2. The van der Waals surface area contributed by atoms with Crippen LogP contribution < -0.4 is 10.2 Å². The van der Waals surface area contributed by atoms with Crippen LogP contribution >= 0.6 is 11.6 Å². The first kappa shape index (κ1) is 14.2. The van der Waals surface area contributed by atoms with Crippen molar-refractivity contribution in [1.29, 1.82) is 0 Å². The molecule has 0 atom stereocenters. The number of nitrogens with one attached hydrogen (secondary N) is 1. The van der Waals surface area contributed by atoms with Gasteiger partial charge in [0.05, 0.1) is 13.2 Å².